The number of fused-ring (bicyclic) bond motifs is 1. The van der Waals surface area contributed by atoms with Crippen LogP contribution in [0.3, 0.4) is 0 Å². The van der Waals surface area contributed by atoms with Gasteiger partial charge in [-0.25, -0.2) is 19.9 Å². The van der Waals surface area contributed by atoms with Crippen molar-refractivity contribution < 1.29 is 0 Å². The summed E-state index contributed by atoms with van der Waals surface area (Å²) in [6, 6.07) is 0. The van der Waals surface area contributed by atoms with E-state index in [1.807, 2.05) is 17.2 Å². The summed E-state index contributed by atoms with van der Waals surface area (Å²) in [7, 11) is 0. The van der Waals surface area contributed by atoms with E-state index in [-0.39, 0.29) is 0 Å². The van der Waals surface area contributed by atoms with E-state index in [0.717, 1.165) is 24.3 Å². The largest absolute Gasteiger partial charge is 0.363 e. The van der Waals surface area contributed by atoms with E-state index in [9.17, 15) is 0 Å². The van der Waals surface area contributed by atoms with Gasteiger partial charge in [-0.15, -0.1) is 0 Å². The molecule has 0 radical (unpaired) electrons. The topological polar surface area (TPSA) is 59.2 Å². The summed E-state index contributed by atoms with van der Waals surface area (Å²) in [6.45, 7) is 6.51. The summed E-state index contributed by atoms with van der Waals surface area (Å²) in [5.74, 6) is 0.650. The Morgan fingerprint density at radius 2 is 1.81 bits per heavy atom. The zero-order valence-electron chi connectivity index (χ0n) is 16.1. The van der Waals surface area contributed by atoms with Gasteiger partial charge in [-0.3, -0.25) is 4.57 Å². The van der Waals surface area contributed by atoms with E-state index >= 15 is 0 Å². The summed E-state index contributed by atoms with van der Waals surface area (Å²) in [5, 5.41) is 0. The van der Waals surface area contributed by atoms with Crippen molar-refractivity contribution in [1.82, 2.24) is 24.4 Å². The van der Waals surface area contributed by atoms with Gasteiger partial charge in [0.05, 0.1) is 6.34 Å². The predicted molar refractivity (Wildman–Crippen MR) is 108 cm³/mol. The Balaban J connectivity index is 1.80. The van der Waals surface area contributed by atoms with Gasteiger partial charge >= 0.3 is 0 Å². The zero-order chi connectivity index (χ0) is 18.2. The highest BCUT2D eigenvalue weighted by molar-refractivity contribution is 5.84. The molecule has 6 heteroatoms. The lowest BCUT2D eigenvalue weighted by Crippen LogP contribution is -2.24. The van der Waals surface area contributed by atoms with Crippen molar-refractivity contribution in [3.8, 4) is 0 Å². The Hall–Kier alpha value is -2.24. The van der Waals surface area contributed by atoms with Crippen molar-refractivity contribution in [2.24, 2.45) is 4.99 Å². The quantitative estimate of drug-likeness (QED) is 0.479. The minimum atomic E-state index is 0.650. The van der Waals surface area contributed by atoms with Crippen LogP contribution in [0.1, 0.15) is 65.2 Å². The molecule has 0 aliphatic heterocycles. The van der Waals surface area contributed by atoms with Crippen LogP contribution in [-0.4, -0.2) is 43.8 Å². The van der Waals surface area contributed by atoms with Gasteiger partial charge in [-0.2, -0.15) is 0 Å². The van der Waals surface area contributed by atoms with Crippen LogP contribution in [0, 0.1) is 0 Å². The molecule has 26 heavy (non-hydrogen) atoms. The fraction of sp³-hybridized carbons (Fsp3) is 0.600. The molecule has 0 unspecified atom stereocenters. The van der Waals surface area contributed by atoms with Crippen LogP contribution in [0.15, 0.2) is 23.2 Å². The molecule has 3 rings (SSSR count). The van der Waals surface area contributed by atoms with Crippen molar-refractivity contribution in [3.05, 3.63) is 18.2 Å². The fourth-order valence-electron chi connectivity index (χ4n) is 3.27. The predicted octanol–water partition coefficient (Wildman–Crippen LogP) is 4.80. The maximum absolute atomic E-state index is 4.64. The van der Waals surface area contributed by atoms with Gasteiger partial charge in [-0.1, -0.05) is 32.3 Å². The Kier molecular flexibility index (Phi) is 6.75. The van der Waals surface area contributed by atoms with E-state index in [0.29, 0.717) is 5.82 Å². The monoisotopic (exact) mass is 354 g/mol. The number of aliphatic imine (C=N–C) groups is 1. The molecule has 1 aliphatic rings. The SMILES string of the molecule is CCCCN(/C=N/c1ncnc2c1ncn2C=C1CCCC1)CCCC. The average Bonchev–Trinajstić information content (AvgIpc) is 3.32. The van der Waals surface area contributed by atoms with Crippen molar-refractivity contribution in [2.75, 3.05) is 13.1 Å². The molecular weight excluding hydrogens is 324 g/mol. The van der Waals surface area contributed by atoms with E-state index in [1.54, 1.807) is 6.33 Å². The third-order valence-electron chi connectivity index (χ3n) is 4.85. The molecule has 6 nitrogen and oxygen atoms in total. The summed E-state index contributed by atoms with van der Waals surface area (Å²) < 4.78 is 2.02. The highest BCUT2D eigenvalue weighted by atomic mass is 15.2. The van der Waals surface area contributed by atoms with Crippen LogP contribution in [0.5, 0.6) is 0 Å². The van der Waals surface area contributed by atoms with Crippen LogP contribution in [0.25, 0.3) is 17.4 Å². The molecule has 0 aromatic carbocycles. The zero-order valence-corrected chi connectivity index (χ0v) is 16.1. The number of unbranched alkanes of at least 4 members (excludes halogenated alkanes) is 2. The second-order valence-corrected chi connectivity index (χ2v) is 7.00. The smallest absolute Gasteiger partial charge is 0.185 e. The first-order chi connectivity index (χ1) is 12.8. The summed E-state index contributed by atoms with van der Waals surface area (Å²) >= 11 is 0. The van der Waals surface area contributed by atoms with Crippen molar-refractivity contribution in [2.45, 2.75) is 65.2 Å². The Morgan fingerprint density at radius 1 is 1.08 bits per heavy atom. The lowest BCUT2D eigenvalue weighted by molar-refractivity contribution is 0.409. The van der Waals surface area contributed by atoms with Crippen LogP contribution in [-0.2, 0) is 0 Å². The minimum Gasteiger partial charge on any atom is -0.363 e. The number of hydrogen-bond acceptors (Lipinski definition) is 4. The molecule has 0 atom stereocenters. The van der Waals surface area contributed by atoms with E-state index in [4.69, 9.17) is 0 Å². The van der Waals surface area contributed by atoms with Crippen LogP contribution in [0.2, 0.25) is 0 Å². The Labute approximate surface area is 156 Å². The maximum atomic E-state index is 4.64. The molecule has 140 valence electrons. The van der Waals surface area contributed by atoms with Gasteiger partial charge in [0.1, 0.15) is 12.7 Å². The molecule has 2 aromatic heterocycles. The van der Waals surface area contributed by atoms with Crippen LogP contribution < -0.4 is 0 Å². The van der Waals surface area contributed by atoms with Crippen LogP contribution >= 0.6 is 0 Å². The first kappa shape index (κ1) is 18.5. The highest BCUT2D eigenvalue weighted by Crippen LogP contribution is 2.26. The summed E-state index contributed by atoms with van der Waals surface area (Å²) in [6.07, 6.45) is 17.2. The minimum absolute atomic E-state index is 0.650. The number of aromatic nitrogens is 4. The van der Waals surface area contributed by atoms with Gasteiger partial charge < -0.3 is 4.90 Å². The molecule has 2 heterocycles. The number of rotatable bonds is 9. The second-order valence-electron chi connectivity index (χ2n) is 7.00. The standard InChI is InChI=1S/C20H30N6/c1-3-5-11-25(12-6-4-2)15-24-19-18-20(22-14-21-19)26(16-23-18)13-17-9-7-8-10-17/h13-16H,3-12H2,1-2H3/b24-15+. The first-order valence-corrected chi connectivity index (χ1v) is 9.97. The third-order valence-corrected chi connectivity index (χ3v) is 4.85. The molecule has 1 aliphatic carbocycles. The molecular formula is C20H30N6. The molecule has 2 aromatic rings. The van der Waals surface area contributed by atoms with E-state index < -0.39 is 0 Å². The average molecular weight is 355 g/mol. The molecule has 1 fully saturated rings. The Bertz CT molecular complexity index is 745. The normalized spacial score (nSPS) is 14.6. The molecule has 0 spiro atoms. The van der Waals surface area contributed by atoms with Gasteiger partial charge in [-0.05, 0) is 38.5 Å². The summed E-state index contributed by atoms with van der Waals surface area (Å²) in [5.41, 5.74) is 3.07. The van der Waals surface area contributed by atoms with Gasteiger partial charge in [0.2, 0.25) is 0 Å². The number of nitrogens with zero attached hydrogens (tertiary/aromatic N) is 6. The number of hydrogen-bond donors (Lipinski definition) is 0. The van der Waals surface area contributed by atoms with Gasteiger partial charge in [0.25, 0.3) is 0 Å². The fourth-order valence-corrected chi connectivity index (χ4v) is 3.27. The van der Waals surface area contributed by atoms with E-state index in [2.05, 4.69) is 44.9 Å². The molecule has 0 bridgehead atoms. The highest BCUT2D eigenvalue weighted by Gasteiger charge is 2.11. The van der Waals surface area contributed by atoms with Crippen molar-refractivity contribution >= 4 is 29.5 Å². The molecule has 0 N–H and O–H groups in total. The van der Waals surface area contributed by atoms with Crippen molar-refractivity contribution in [3.63, 3.8) is 0 Å². The third kappa shape index (κ3) is 4.68. The summed E-state index contributed by atoms with van der Waals surface area (Å²) in [4.78, 5) is 20.2. The Morgan fingerprint density at radius 3 is 2.50 bits per heavy atom. The molecule has 0 saturated heterocycles. The lowest BCUT2D eigenvalue weighted by Gasteiger charge is -2.18. The van der Waals surface area contributed by atoms with E-state index in [1.165, 1.54) is 56.9 Å². The van der Waals surface area contributed by atoms with Crippen LogP contribution in [0.4, 0.5) is 5.82 Å². The maximum Gasteiger partial charge on any atom is 0.185 e. The molecule has 1 saturated carbocycles. The van der Waals surface area contributed by atoms with Gasteiger partial charge in [0, 0.05) is 19.3 Å². The first-order valence-electron chi connectivity index (χ1n) is 9.97. The van der Waals surface area contributed by atoms with Gasteiger partial charge in [0.15, 0.2) is 17.0 Å². The lowest BCUT2D eigenvalue weighted by atomic mass is 10.2. The second kappa shape index (κ2) is 9.46. The van der Waals surface area contributed by atoms with Crippen molar-refractivity contribution in [1.29, 1.82) is 0 Å². The number of allylic oxidation sites excluding steroid dienone is 1. The molecule has 0 amide bonds. The number of imidazole rings is 1.